The van der Waals surface area contributed by atoms with Gasteiger partial charge in [0.05, 0.1) is 12.3 Å². The van der Waals surface area contributed by atoms with E-state index in [0.29, 0.717) is 23.6 Å². The topological polar surface area (TPSA) is 71.7 Å². The summed E-state index contributed by atoms with van der Waals surface area (Å²) in [6, 6.07) is 0. The van der Waals surface area contributed by atoms with Crippen LogP contribution in [0.15, 0.2) is 10.5 Å². The van der Waals surface area contributed by atoms with Gasteiger partial charge in [-0.1, -0.05) is 6.08 Å². The highest BCUT2D eigenvalue weighted by Gasteiger charge is 2.26. The van der Waals surface area contributed by atoms with E-state index in [4.69, 9.17) is 14.4 Å². The van der Waals surface area contributed by atoms with E-state index in [9.17, 15) is 4.79 Å². The van der Waals surface area contributed by atoms with Gasteiger partial charge >= 0.3 is 5.97 Å². The van der Waals surface area contributed by atoms with Crippen LogP contribution < -0.4 is 5.48 Å². The molecule has 0 atom stereocenters. The molecule has 0 radical (unpaired) electrons. The molecule has 0 amide bonds. The Morgan fingerprint density at radius 2 is 2.41 bits per heavy atom. The molecule has 1 heterocycles. The van der Waals surface area contributed by atoms with Crippen LogP contribution in [0.2, 0.25) is 0 Å². The normalized spacial score (nSPS) is 13.9. The number of rotatable bonds is 3. The molecule has 1 aromatic rings. The fourth-order valence-corrected chi connectivity index (χ4v) is 2.04. The molecule has 2 rings (SSSR count). The van der Waals surface area contributed by atoms with Gasteiger partial charge in [0.1, 0.15) is 5.76 Å². The summed E-state index contributed by atoms with van der Waals surface area (Å²) in [6.07, 6.45) is 3.37. The molecule has 1 aliphatic rings. The molecule has 2 N–H and O–H groups in total. The predicted molar refractivity (Wildman–Crippen MR) is 60.6 cm³/mol. The van der Waals surface area contributed by atoms with Gasteiger partial charge < -0.3 is 9.15 Å². The highest BCUT2D eigenvalue weighted by molar-refractivity contribution is 5.90. The Hall–Kier alpha value is -1.75. The van der Waals surface area contributed by atoms with E-state index in [1.807, 2.05) is 6.08 Å². The minimum absolute atomic E-state index is 0.222. The number of furan rings is 1. The van der Waals surface area contributed by atoms with Gasteiger partial charge in [-0.2, -0.15) is 0 Å². The molecule has 0 bridgehead atoms. The molecule has 92 valence electrons. The number of allylic oxidation sites excluding steroid dienone is 1. The molecule has 0 saturated carbocycles. The maximum atomic E-state index is 11.7. The van der Waals surface area contributed by atoms with E-state index >= 15 is 0 Å². The van der Waals surface area contributed by atoms with Crippen molar-refractivity contribution in [2.75, 3.05) is 6.61 Å². The number of aryl methyl sites for hydroxylation is 1. The largest absolute Gasteiger partial charge is 0.460 e. The fraction of sp³-hybridized carbons (Fsp3) is 0.417. The second kappa shape index (κ2) is 4.63. The zero-order valence-corrected chi connectivity index (χ0v) is 9.87. The molecular weight excluding hydrogens is 222 g/mol. The smallest absolute Gasteiger partial charge is 0.374 e. The van der Waals surface area contributed by atoms with E-state index in [2.05, 4.69) is 5.48 Å². The van der Waals surface area contributed by atoms with E-state index in [1.54, 1.807) is 13.8 Å². The Bertz CT molecular complexity index is 473. The molecule has 0 aliphatic heterocycles. The van der Waals surface area contributed by atoms with Crippen molar-refractivity contribution in [3.8, 4) is 0 Å². The first-order valence-electron chi connectivity index (χ1n) is 5.59. The van der Waals surface area contributed by atoms with Crippen LogP contribution >= 0.6 is 0 Å². The van der Waals surface area contributed by atoms with Crippen LogP contribution in [0.25, 0.3) is 5.70 Å². The average molecular weight is 237 g/mol. The molecule has 0 unspecified atom stereocenters. The van der Waals surface area contributed by atoms with Crippen LogP contribution in [0.5, 0.6) is 0 Å². The molecule has 0 spiro atoms. The Labute approximate surface area is 99.0 Å². The quantitative estimate of drug-likeness (QED) is 0.621. The van der Waals surface area contributed by atoms with Crippen LogP contribution in [0, 0.1) is 6.92 Å². The van der Waals surface area contributed by atoms with Crippen LogP contribution in [0.3, 0.4) is 0 Å². The lowest BCUT2D eigenvalue weighted by molar-refractivity contribution is 0.0487. The number of hydroxylamine groups is 1. The first-order chi connectivity index (χ1) is 8.19. The van der Waals surface area contributed by atoms with Gasteiger partial charge in [-0.3, -0.25) is 10.7 Å². The standard InChI is InChI=1S/C12H15NO4/c1-3-16-12(14)11-7(2)10-8(13-15)5-4-6-9(10)17-11/h5,13,15H,3-4,6H2,1-2H3. The molecule has 1 aliphatic carbocycles. The molecule has 17 heavy (non-hydrogen) atoms. The second-order valence-corrected chi connectivity index (χ2v) is 3.84. The lowest BCUT2D eigenvalue weighted by Gasteiger charge is -2.11. The minimum Gasteiger partial charge on any atom is -0.460 e. The van der Waals surface area contributed by atoms with Crippen molar-refractivity contribution in [3.05, 3.63) is 28.7 Å². The van der Waals surface area contributed by atoms with Crippen LogP contribution in [-0.2, 0) is 11.2 Å². The number of carbonyl (C=O) groups is 1. The van der Waals surface area contributed by atoms with E-state index in [1.165, 1.54) is 0 Å². The van der Waals surface area contributed by atoms with Crippen LogP contribution in [0.1, 0.15) is 40.8 Å². The van der Waals surface area contributed by atoms with Crippen molar-refractivity contribution in [1.29, 1.82) is 0 Å². The third-order valence-corrected chi connectivity index (χ3v) is 2.79. The van der Waals surface area contributed by atoms with Crippen molar-refractivity contribution < 1.29 is 19.2 Å². The van der Waals surface area contributed by atoms with Crippen molar-refractivity contribution in [3.63, 3.8) is 0 Å². The second-order valence-electron chi connectivity index (χ2n) is 3.84. The molecule has 0 fully saturated rings. The van der Waals surface area contributed by atoms with Crippen molar-refractivity contribution in [2.24, 2.45) is 0 Å². The first kappa shape index (κ1) is 11.7. The van der Waals surface area contributed by atoms with Gasteiger partial charge in [-0.25, -0.2) is 4.79 Å². The van der Waals surface area contributed by atoms with Crippen molar-refractivity contribution in [2.45, 2.75) is 26.7 Å². The zero-order chi connectivity index (χ0) is 12.4. The molecule has 0 aromatic carbocycles. The molecule has 5 heteroatoms. The Balaban J connectivity index is 2.43. The predicted octanol–water partition coefficient (Wildman–Crippen LogP) is 2.03. The number of hydrogen-bond donors (Lipinski definition) is 2. The van der Waals surface area contributed by atoms with Gasteiger partial charge in [-0.05, 0) is 20.3 Å². The van der Waals surface area contributed by atoms with Gasteiger partial charge in [-0.15, -0.1) is 0 Å². The van der Waals surface area contributed by atoms with Gasteiger partial charge in [0.15, 0.2) is 0 Å². The monoisotopic (exact) mass is 237 g/mol. The van der Waals surface area contributed by atoms with E-state index < -0.39 is 5.97 Å². The van der Waals surface area contributed by atoms with Crippen molar-refractivity contribution >= 4 is 11.7 Å². The lowest BCUT2D eigenvalue weighted by atomic mass is 9.99. The first-order valence-corrected chi connectivity index (χ1v) is 5.59. The highest BCUT2D eigenvalue weighted by atomic mass is 16.5. The maximum absolute atomic E-state index is 11.7. The summed E-state index contributed by atoms with van der Waals surface area (Å²) in [4.78, 5) is 11.7. The van der Waals surface area contributed by atoms with Crippen LogP contribution in [0.4, 0.5) is 0 Å². The summed E-state index contributed by atoms with van der Waals surface area (Å²) < 4.78 is 10.4. The van der Waals surface area contributed by atoms with Crippen LogP contribution in [-0.4, -0.2) is 17.8 Å². The third kappa shape index (κ3) is 1.93. The summed E-state index contributed by atoms with van der Waals surface area (Å²) in [6.45, 7) is 3.84. The highest BCUT2D eigenvalue weighted by Crippen LogP contribution is 2.32. The summed E-state index contributed by atoms with van der Waals surface area (Å²) in [5.41, 5.74) is 4.19. The molecule has 0 saturated heterocycles. The Morgan fingerprint density at radius 3 is 3.06 bits per heavy atom. The Morgan fingerprint density at radius 1 is 1.65 bits per heavy atom. The molecule has 5 nitrogen and oxygen atoms in total. The summed E-state index contributed by atoms with van der Waals surface area (Å²) in [5.74, 6) is 0.473. The van der Waals surface area contributed by atoms with Gasteiger partial charge in [0, 0.05) is 17.5 Å². The number of esters is 1. The average Bonchev–Trinajstić information content (AvgIpc) is 2.67. The fourth-order valence-electron chi connectivity index (χ4n) is 2.04. The molecular formula is C12H15NO4. The number of nitrogens with one attached hydrogen (secondary N) is 1. The van der Waals surface area contributed by atoms with E-state index in [-0.39, 0.29) is 5.76 Å². The summed E-state index contributed by atoms with van der Waals surface area (Å²) in [7, 11) is 0. The van der Waals surface area contributed by atoms with Gasteiger partial charge in [0.2, 0.25) is 5.76 Å². The summed E-state index contributed by atoms with van der Waals surface area (Å²) >= 11 is 0. The SMILES string of the molecule is CCOC(=O)c1oc2c(c1C)C(NO)=CCC2. The zero-order valence-electron chi connectivity index (χ0n) is 9.87. The molecule has 1 aromatic heterocycles. The Kier molecular flexibility index (Phi) is 3.19. The number of fused-ring (bicyclic) bond motifs is 1. The summed E-state index contributed by atoms with van der Waals surface area (Å²) in [5, 5.41) is 9.04. The number of carbonyl (C=O) groups excluding carboxylic acids is 1. The van der Waals surface area contributed by atoms with E-state index in [0.717, 1.165) is 18.4 Å². The maximum Gasteiger partial charge on any atom is 0.374 e. The number of ether oxygens (including phenoxy) is 1. The number of hydrogen-bond acceptors (Lipinski definition) is 5. The third-order valence-electron chi connectivity index (χ3n) is 2.79. The lowest BCUT2D eigenvalue weighted by Crippen LogP contribution is -2.11. The van der Waals surface area contributed by atoms with Gasteiger partial charge in [0.25, 0.3) is 0 Å². The minimum atomic E-state index is -0.461. The van der Waals surface area contributed by atoms with Crippen molar-refractivity contribution in [1.82, 2.24) is 5.48 Å².